The number of ether oxygens (including phenoxy) is 1. The van der Waals surface area contributed by atoms with Crippen LogP contribution in [0.25, 0.3) is 21.6 Å². The molecule has 5 rings (SSSR count). The molecule has 5 aromatic rings. The van der Waals surface area contributed by atoms with Crippen LogP contribution < -0.4 is 15.4 Å². The molecule has 8 nitrogen and oxygen atoms in total. The molecule has 190 valence electrons. The van der Waals surface area contributed by atoms with Crippen LogP contribution in [0.3, 0.4) is 0 Å². The number of nitrogens with one attached hydrogen (secondary N) is 3. The average molecular weight is 548 g/mol. The van der Waals surface area contributed by atoms with E-state index in [1.165, 1.54) is 35.7 Å². The lowest BCUT2D eigenvalue weighted by Crippen LogP contribution is -2.22. The van der Waals surface area contributed by atoms with Gasteiger partial charge < -0.3 is 20.4 Å². The van der Waals surface area contributed by atoms with Crippen LogP contribution in [0.5, 0.6) is 11.6 Å². The number of amides is 2. The van der Waals surface area contributed by atoms with Gasteiger partial charge in [-0.3, -0.25) is 9.59 Å². The van der Waals surface area contributed by atoms with Crippen molar-refractivity contribution in [3.05, 3.63) is 101 Å². The lowest BCUT2D eigenvalue weighted by atomic mass is 10.2. The molecule has 0 spiro atoms. The van der Waals surface area contributed by atoms with Gasteiger partial charge in [-0.2, -0.15) is 0 Å². The van der Waals surface area contributed by atoms with Gasteiger partial charge in [0.2, 0.25) is 11.8 Å². The number of benzene rings is 2. The molecule has 0 aliphatic rings. The minimum Gasteiger partial charge on any atom is -0.437 e. The van der Waals surface area contributed by atoms with Crippen LogP contribution in [-0.4, -0.2) is 26.8 Å². The molecule has 2 aromatic carbocycles. The zero-order valence-corrected chi connectivity index (χ0v) is 21.2. The fourth-order valence-corrected chi connectivity index (χ4v) is 4.79. The van der Waals surface area contributed by atoms with Gasteiger partial charge in [0.15, 0.2) is 5.65 Å². The SMILES string of the molecule is C=CC(=O)Nc1cccc(Oc2cnc3[nH]cc(-c4ccc(C(=O)NCc5c(F)cccc5Cl)s4)c3n2)c1. The van der Waals surface area contributed by atoms with E-state index in [1.54, 1.807) is 48.7 Å². The van der Waals surface area contributed by atoms with Crippen LogP contribution >= 0.6 is 22.9 Å². The van der Waals surface area contributed by atoms with Gasteiger partial charge in [0.05, 0.1) is 11.1 Å². The molecular weight excluding hydrogens is 529 g/mol. The predicted octanol–water partition coefficient (Wildman–Crippen LogP) is 6.33. The van der Waals surface area contributed by atoms with Crippen molar-refractivity contribution in [1.29, 1.82) is 0 Å². The number of hydrogen-bond acceptors (Lipinski definition) is 6. The normalized spacial score (nSPS) is 10.8. The predicted molar refractivity (Wildman–Crippen MR) is 145 cm³/mol. The number of nitrogens with zero attached hydrogens (tertiary/aromatic N) is 2. The van der Waals surface area contributed by atoms with Crippen molar-refractivity contribution in [3.63, 3.8) is 0 Å². The molecule has 11 heteroatoms. The van der Waals surface area contributed by atoms with Crippen molar-refractivity contribution in [3.8, 4) is 22.1 Å². The summed E-state index contributed by atoms with van der Waals surface area (Å²) in [7, 11) is 0. The molecule has 0 saturated carbocycles. The van der Waals surface area contributed by atoms with Gasteiger partial charge in [-0.25, -0.2) is 14.4 Å². The third-order valence-corrected chi connectivity index (χ3v) is 6.92. The van der Waals surface area contributed by atoms with Crippen molar-refractivity contribution in [2.75, 3.05) is 5.32 Å². The number of anilines is 1. The summed E-state index contributed by atoms with van der Waals surface area (Å²) in [5, 5.41) is 5.63. The first-order valence-corrected chi connectivity index (χ1v) is 12.5. The first-order chi connectivity index (χ1) is 18.4. The minimum absolute atomic E-state index is 0.0324. The topological polar surface area (TPSA) is 109 Å². The molecule has 0 bridgehead atoms. The molecule has 3 heterocycles. The third kappa shape index (κ3) is 5.41. The highest BCUT2D eigenvalue weighted by Crippen LogP contribution is 2.34. The van der Waals surface area contributed by atoms with Gasteiger partial charge in [-0.05, 0) is 42.5 Å². The summed E-state index contributed by atoms with van der Waals surface area (Å²) in [5.41, 5.74) is 2.63. The van der Waals surface area contributed by atoms with Crippen LogP contribution in [0, 0.1) is 5.82 Å². The summed E-state index contributed by atoms with van der Waals surface area (Å²) in [6.45, 7) is 3.41. The second kappa shape index (κ2) is 10.8. The zero-order chi connectivity index (χ0) is 26.6. The maximum absolute atomic E-state index is 14.0. The Morgan fingerprint density at radius 3 is 2.84 bits per heavy atom. The lowest BCUT2D eigenvalue weighted by Gasteiger charge is -2.07. The Kier molecular flexibility index (Phi) is 7.16. The van der Waals surface area contributed by atoms with E-state index in [0.717, 1.165) is 10.4 Å². The van der Waals surface area contributed by atoms with Crippen molar-refractivity contribution in [1.82, 2.24) is 20.3 Å². The van der Waals surface area contributed by atoms with Gasteiger partial charge in [0, 0.05) is 45.5 Å². The molecule has 0 unspecified atom stereocenters. The molecule has 0 aliphatic carbocycles. The van der Waals surface area contributed by atoms with E-state index in [0.29, 0.717) is 27.5 Å². The van der Waals surface area contributed by atoms with Crippen molar-refractivity contribution < 1.29 is 18.7 Å². The Bertz CT molecular complexity index is 1660. The van der Waals surface area contributed by atoms with Crippen LogP contribution in [-0.2, 0) is 11.3 Å². The van der Waals surface area contributed by atoms with Crippen molar-refractivity contribution in [2.24, 2.45) is 0 Å². The Morgan fingerprint density at radius 1 is 1.18 bits per heavy atom. The maximum Gasteiger partial charge on any atom is 0.261 e. The smallest absolute Gasteiger partial charge is 0.261 e. The number of carbonyl (C=O) groups excluding carboxylic acids is 2. The largest absolute Gasteiger partial charge is 0.437 e. The highest BCUT2D eigenvalue weighted by molar-refractivity contribution is 7.17. The molecule has 0 fully saturated rings. The van der Waals surface area contributed by atoms with E-state index in [2.05, 4.69) is 32.2 Å². The van der Waals surface area contributed by atoms with Crippen LogP contribution in [0.4, 0.5) is 10.1 Å². The summed E-state index contributed by atoms with van der Waals surface area (Å²) >= 11 is 7.31. The van der Waals surface area contributed by atoms with Gasteiger partial charge in [-0.1, -0.05) is 30.3 Å². The third-order valence-electron chi connectivity index (χ3n) is 5.45. The van der Waals surface area contributed by atoms with E-state index >= 15 is 0 Å². The number of aromatic nitrogens is 3. The number of hydrogen-bond donors (Lipinski definition) is 3. The summed E-state index contributed by atoms with van der Waals surface area (Å²) in [6, 6.07) is 14.7. The number of carbonyl (C=O) groups is 2. The van der Waals surface area contributed by atoms with Crippen LogP contribution in [0.15, 0.2) is 79.6 Å². The van der Waals surface area contributed by atoms with Gasteiger partial charge >= 0.3 is 0 Å². The molecule has 3 aromatic heterocycles. The monoisotopic (exact) mass is 547 g/mol. The first-order valence-electron chi connectivity index (χ1n) is 11.3. The number of H-pyrrole nitrogens is 1. The minimum atomic E-state index is -0.478. The molecular formula is C27H19ClFN5O3S. The first kappa shape index (κ1) is 25.1. The Balaban J connectivity index is 1.33. The Morgan fingerprint density at radius 2 is 2.03 bits per heavy atom. The molecule has 0 aliphatic heterocycles. The van der Waals surface area contributed by atoms with Gasteiger partial charge in [0.25, 0.3) is 5.91 Å². The highest BCUT2D eigenvalue weighted by atomic mass is 35.5. The number of halogens is 2. The van der Waals surface area contributed by atoms with E-state index < -0.39 is 5.82 Å². The second-order valence-corrected chi connectivity index (χ2v) is 9.47. The number of rotatable bonds is 8. The standard InChI is InChI=1S/C27H19ClFN5O3S/c1-2-23(35)33-15-5-3-6-16(11-15)37-24-14-31-26-25(34-24)18(13-30-26)21-9-10-22(38-21)27(36)32-12-17-19(28)7-4-8-20(17)29/h2-11,13-14H,1,12H2,(H,30,31)(H,32,36)(H,33,35). The maximum atomic E-state index is 14.0. The van der Waals surface area contributed by atoms with Gasteiger partial charge in [0.1, 0.15) is 17.1 Å². The number of fused-ring (bicyclic) bond motifs is 1. The van der Waals surface area contributed by atoms with Crippen molar-refractivity contribution in [2.45, 2.75) is 6.54 Å². The molecule has 0 atom stereocenters. The Hall–Kier alpha value is -4.54. The quantitative estimate of drug-likeness (QED) is 0.197. The van der Waals surface area contributed by atoms with E-state index in [9.17, 15) is 14.0 Å². The molecule has 0 saturated heterocycles. The van der Waals surface area contributed by atoms with Crippen molar-refractivity contribution >= 4 is 51.6 Å². The summed E-state index contributed by atoms with van der Waals surface area (Å²) in [5.74, 6) is -0.447. The fourth-order valence-electron chi connectivity index (χ4n) is 3.63. The number of thiophene rings is 1. The van der Waals surface area contributed by atoms with E-state index in [1.807, 2.05) is 0 Å². The molecule has 3 N–H and O–H groups in total. The molecule has 2 amide bonds. The molecule has 38 heavy (non-hydrogen) atoms. The summed E-state index contributed by atoms with van der Waals surface area (Å²) < 4.78 is 19.9. The summed E-state index contributed by atoms with van der Waals surface area (Å²) in [6.07, 6.45) is 4.42. The van der Waals surface area contributed by atoms with Crippen LogP contribution in [0.2, 0.25) is 5.02 Å². The fraction of sp³-hybridized carbons (Fsp3) is 0.0370. The highest BCUT2D eigenvalue weighted by Gasteiger charge is 2.16. The Labute approximate surface area is 225 Å². The summed E-state index contributed by atoms with van der Waals surface area (Å²) in [4.78, 5) is 37.6. The number of aromatic amines is 1. The molecule has 0 radical (unpaired) electrons. The lowest BCUT2D eigenvalue weighted by molar-refractivity contribution is -0.111. The van der Waals surface area contributed by atoms with Crippen LogP contribution in [0.1, 0.15) is 15.2 Å². The van der Waals surface area contributed by atoms with E-state index in [4.69, 9.17) is 16.3 Å². The zero-order valence-electron chi connectivity index (χ0n) is 19.6. The van der Waals surface area contributed by atoms with E-state index in [-0.39, 0.29) is 34.8 Å². The second-order valence-electron chi connectivity index (χ2n) is 7.98. The van der Waals surface area contributed by atoms with Gasteiger partial charge in [-0.15, -0.1) is 11.3 Å². The average Bonchev–Trinajstić information content (AvgIpc) is 3.55.